The van der Waals surface area contributed by atoms with Crippen molar-refractivity contribution in [2.75, 3.05) is 33.0 Å². The summed E-state index contributed by atoms with van der Waals surface area (Å²) < 4.78 is 10.7. The molecule has 0 aliphatic carbocycles. The number of nitrogens with zero attached hydrogens (tertiary/aromatic N) is 2. The van der Waals surface area contributed by atoms with E-state index >= 15 is 0 Å². The molecule has 0 amide bonds. The van der Waals surface area contributed by atoms with Crippen molar-refractivity contribution in [3.63, 3.8) is 0 Å². The van der Waals surface area contributed by atoms with Crippen LogP contribution in [-0.4, -0.2) is 59.0 Å². The van der Waals surface area contributed by atoms with Crippen molar-refractivity contribution >= 4 is 39.3 Å². The van der Waals surface area contributed by atoms with Gasteiger partial charge >= 0.3 is 5.97 Å². The molecule has 170 valence electrons. The molecule has 8 nitrogen and oxygen atoms in total. The number of aliphatic hydroxyl groups is 1. The predicted molar refractivity (Wildman–Crippen MR) is 123 cm³/mol. The van der Waals surface area contributed by atoms with Crippen LogP contribution in [0.1, 0.15) is 27.5 Å². The highest BCUT2D eigenvalue weighted by Crippen LogP contribution is 2.47. The molecule has 33 heavy (non-hydrogen) atoms. The lowest BCUT2D eigenvalue weighted by Crippen LogP contribution is -2.45. The minimum atomic E-state index is -0.762. The number of aliphatic hydroxyl groups excluding tert-OH is 1. The number of esters is 1. The zero-order valence-electron chi connectivity index (χ0n) is 17.6. The fraction of sp³-hybridized carbons (Fsp3) is 0.250. The molecule has 1 unspecified atom stereocenters. The molecule has 1 aliphatic rings. The Bertz CT molecular complexity index is 1320. The molecule has 1 aliphatic heterocycles. The molecule has 3 heterocycles. The normalized spacial score (nSPS) is 15.7. The minimum Gasteiger partial charge on any atom is -0.507 e. The third-order valence-corrected chi connectivity index (χ3v) is 6.26. The first kappa shape index (κ1) is 21.7. The van der Waals surface area contributed by atoms with Gasteiger partial charge in [-0.05, 0) is 35.9 Å². The van der Waals surface area contributed by atoms with Crippen molar-refractivity contribution in [1.82, 2.24) is 15.2 Å². The number of aromatic hydroxyl groups is 1. The van der Waals surface area contributed by atoms with E-state index in [1.165, 1.54) is 6.26 Å². The zero-order chi connectivity index (χ0) is 22.9. The number of phenols is 1. The first-order chi connectivity index (χ1) is 16.1. The molecule has 0 radical (unpaired) electrons. The van der Waals surface area contributed by atoms with Gasteiger partial charge in [0.05, 0.1) is 6.04 Å². The van der Waals surface area contributed by atoms with Gasteiger partial charge in [-0.25, -0.2) is 4.79 Å². The summed E-state index contributed by atoms with van der Waals surface area (Å²) in [6.07, 6.45) is 4.71. The number of nitrogens with one attached hydrogen (secondary N) is 1. The van der Waals surface area contributed by atoms with Gasteiger partial charge in [-0.15, -0.1) is 0 Å². The third kappa shape index (κ3) is 3.81. The first-order valence-electron chi connectivity index (χ1n) is 10.6. The van der Waals surface area contributed by atoms with E-state index in [4.69, 9.17) is 25.9 Å². The summed E-state index contributed by atoms with van der Waals surface area (Å²) in [6, 6.07) is 8.54. The van der Waals surface area contributed by atoms with Gasteiger partial charge in [0, 0.05) is 65.3 Å². The maximum absolute atomic E-state index is 12.7. The summed E-state index contributed by atoms with van der Waals surface area (Å²) in [4.78, 5) is 19.1. The fourth-order valence-corrected chi connectivity index (χ4v) is 4.77. The van der Waals surface area contributed by atoms with Crippen LogP contribution >= 0.6 is 11.6 Å². The van der Waals surface area contributed by atoms with Crippen LogP contribution in [0.15, 0.2) is 53.4 Å². The summed E-state index contributed by atoms with van der Waals surface area (Å²) in [5, 5.41) is 26.2. The number of carbonyl (C=O) groups is 1. The van der Waals surface area contributed by atoms with Gasteiger partial charge in [0.1, 0.15) is 23.2 Å². The highest BCUT2D eigenvalue weighted by atomic mass is 35.5. The van der Waals surface area contributed by atoms with Crippen LogP contribution < -0.4 is 5.32 Å². The van der Waals surface area contributed by atoms with E-state index in [1.807, 2.05) is 12.1 Å². The van der Waals surface area contributed by atoms with Gasteiger partial charge in [-0.2, -0.15) is 0 Å². The SMILES string of the molecule is O=C(OCO)c1coc2c1c(C(c1ccncc1)N1CCNCC1)c(O)c1cc(Cl)ccc12. The maximum Gasteiger partial charge on any atom is 0.344 e. The van der Waals surface area contributed by atoms with Crippen LogP contribution in [0, 0.1) is 0 Å². The number of aromatic nitrogens is 1. The molecule has 0 saturated carbocycles. The van der Waals surface area contributed by atoms with E-state index in [9.17, 15) is 9.90 Å². The largest absolute Gasteiger partial charge is 0.507 e. The number of hydrogen-bond donors (Lipinski definition) is 3. The number of pyridine rings is 1. The Morgan fingerprint density at radius 2 is 1.97 bits per heavy atom. The number of halogens is 1. The molecule has 2 aromatic carbocycles. The second-order valence-electron chi connectivity index (χ2n) is 7.84. The van der Waals surface area contributed by atoms with Gasteiger partial charge in [0.15, 0.2) is 6.79 Å². The standard InChI is InChI=1S/C24H22ClN3O5/c25-15-1-2-16-17(11-15)22(30)20(19-18(12-32-23(16)19)24(31)33-13-29)21(14-3-5-26-6-4-14)28-9-7-27-8-10-28/h1-6,11-12,21,27,29-30H,7-10,13H2. The van der Waals surface area contributed by atoms with Crippen molar-refractivity contribution < 1.29 is 24.2 Å². The van der Waals surface area contributed by atoms with Crippen molar-refractivity contribution in [3.05, 3.63) is 70.7 Å². The number of ether oxygens (including phenoxy) is 1. The number of benzene rings is 2. The molecule has 9 heteroatoms. The summed E-state index contributed by atoms with van der Waals surface area (Å²) >= 11 is 6.27. The Morgan fingerprint density at radius 1 is 1.21 bits per heavy atom. The van der Waals surface area contributed by atoms with E-state index in [-0.39, 0.29) is 17.4 Å². The van der Waals surface area contributed by atoms with Gasteiger partial charge < -0.3 is 24.7 Å². The Morgan fingerprint density at radius 3 is 2.70 bits per heavy atom. The average molecular weight is 468 g/mol. The number of furan rings is 1. The highest BCUT2D eigenvalue weighted by molar-refractivity contribution is 6.32. The van der Waals surface area contributed by atoms with Gasteiger partial charge in [-0.1, -0.05) is 11.6 Å². The summed E-state index contributed by atoms with van der Waals surface area (Å²) in [6.45, 7) is 2.28. The molecular weight excluding hydrogens is 446 g/mol. The topological polar surface area (TPSA) is 108 Å². The average Bonchev–Trinajstić information content (AvgIpc) is 3.28. The Hall–Kier alpha value is -3.17. The highest BCUT2D eigenvalue weighted by Gasteiger charge is 2.33. The van der Waals surface area contributed by atoms with Crippen molar-refractivity contribution in [2.24, 2.45) is 0 Å². The van der Waals surface area contributed by atoms with Crippen LogP contribution in [0.5, 0.6) is 5.75 Å². The Labute approximate surface area is 194 Å². The summed E-state index contributed by atoms with van der Waals surface area (Å²) in [5.74, 6) is -0.723. The zero-order valence-corrected chi connectivity index (χ0v) is 18.4. The monoisotopic (exact) mass is 467 g/mol. The molecule has 1 atom stereocenters. The molecule has 2 aromatic heterocycles. The van der Waals surface area contributed by atoms with Crippen molar-refractivity contribution in [3.8, 4) is 5.75 Å². The van der Waals surface area contributed by atoms with E-state index < -0.39 is 12.8 Å². The minimum absolute atomic E-state index is 0.0137. The molecule has 0 bridgehead atoms. The fourth-order valence-electron chi connectivity index (χ4n) is 4.60. The van der Waals surface area contributed by atoms with Crippen LogP contribution in [0.4, 0.5) is 0 Å². The molecule has 4 aromatic rings. The number of carbonyl (C=O) groups excluding carboxylic acids is 1. The predicted octanol–water partition coefficient (Wildman–Crippen LogP) is 3.44. The summed E-state index contributed by atoms with van der Waals surface area (Å²) in [5.41, 5.74) is 2.00. The van der Waals surface area contributed by atoms with E-state index in [1.54, 1.807) is 30.6 Å². The van der Waals surface area contributed by atoms with Crippen molar-refractivity contribution in [2.45, 2.75) is 6.04 Å². The number of hydrogen-bond acceptors (Lipinski definition) is 8. The molecule has 1 fully saturated rings. The van der Waals surface area contributed by atoms with Crippen LogP contribution in [-0.2, 0) is 4.74 Å². The van der Waals surface area contributed by atoms with E-state index in [0.29, 0.717) is 32.3 Å². The van der Waals surface area contributed by atoms with Crippen LogP contribution in [0.3, 0.4) is 0 Å². The molecule has 0 spiro atoms. The molecule has 5 rings (SSSR count). The second kappa shape index (κ2) is 8.99. The number of phenolic OH excluding ortho intramolecular Hbond substituents is 1. The lowest BCUT2D eigenvalue weighted by atomic mass is 9.89. The van der Waals surface area contributed by atoms with Crippen molar-refractivity contribution in [1.29, 1.82) is 0 Å². The molecule has 3 N–H and O–H groups in total. The van der Waals surface area contributed by atoms with Gasteiger partial charge in [-0.3, -0.25) is 9.88 Å². The maximum atomic E-state index is 12.7. The lowest BCUT2D eigenvalue weighted by Gasteiger charge is -2.36. The third-order valence-electron chi connectivity index (χ3n) is 6.02. The van der Waals surface area contributed by atoms with Crippen LogP contribution in [0.2, 0.25) is 5.02 Å². The van der Waals surface area contributed by atoms with Gasteiger partial charge in [0.2, 0.25) is 0 Å². The van der Waals surface area contributed by atoms with Gasteiger partial charge in [0.25, 0.3) is 0 Å². The first-order valence-corrected chi connectivity index (χ1v) is 11.0. The quantitative estimate of drug-likeness (QED) is 0.302. The smallest absolute Gasteiger partial charge is 0.344 e. The van der Waals surface area contributed by atoms with Crippen LogP contribution in [0.25, 0.3) is 21.7 Å². The summed E-state index contributed by atoms with van der Waals surface area (Å²) in [7, 11) is 0. The second-order valence-corrected chi connectivity index (χ2v) is 8.27. The number of piperazine rings is 1. The lowest BCUT2D eigenvalue weighted by molar-refractivity contribution is 0.00694. The Kier molecular flexibility index (Phi) is 5.90. The number of fused-ring (bicyclic) bond motifs is 3. The molecule has 1 saturated heterocycles. The van der Waals surface area contributed by atoms with E-state index in [2.05, 4.69) is 15.2 Å². The van der Waals surface area contributed by atoms with E-state index in [0.717, 1.165) is 31.7 Å². The molecular formula is C24H22ClN3O5. The number of rotatable bonds is 5. The Balaban J connectivity index is 1.87.